The predicted molar refractivity (Wildman–Crippen MR) is 142 cm³/mol. The molecule has 1 aliphatic carbocycles. The number of fused-ring (bicyclic) bond motifs is 1. The molecule has 2 amide bonds. The molecule has 0 bridgehead atoms. The first-order chi connectivity index (χ1) is 17.5. The molecule has 2 aromatic rings. The number of nitrogens with one attached hydrogen (secondary N) is 4. The highest BCUT2D eigenvalue weighted by Crippen LogP contribution is 2.32. The van der Waals surface area contributed by atoms with Gasteiger partial charge in [0.1, 0.15) is 0 Å². The van der Waals surface area contributed by atoms with Gasteiger partial charge in [-0.05, 0) is 63.3 Å². The van der Waals surface area contributed by atoms with Crippen LogP contribution in [-0.2, 0) is 11.2 Å². The van der Waals surface area contributed by atoms with E-state index in [9.17, 15) is 4.79 Å². The fourth-order valence-corrected chi connectivity index (χ4v) is 4.64. The molecule has 1 fully saturated rings. The van der Waals surface area contributed by atoms with Gasteiger partial charge in [-0.2, -0.15) is 0 Å². The number of anilines is 1. The molecule has 0 spiro atoms. The van der Waals surface area contributed by atoms with Crippen molar-refractivity contribution in [1.29, 1.82) is 5.41 Å². The summed E-state index contributed by atoms with van der Waals surface area (Å²) < 4.78 is 5.79. The summed E-state index contributed by atoms with van der Waals surface area (Å²) in [6.07, 6.45) is 9.07. The summed E-state index contributed by atoms with van der Waals surface area (Å²) in [5.74, 6) is 0.439. The first-order valence-corrected chi connectivity index (χ1v) is 12.8. The average molecular weight is 492 g/mol. The third-order valence-electron chi connectivity index (χ3n) is 6.43. The van der Waals surface area contributed by atoms with E-state index in [2.05, 4.69) is 44.1 Å². The quantitative estimate of drug-likeness (QED) is 0.308. The molecular weight excluding hydrogens is 454 g/mol. The third-order valence-corrected chi connectivity index (χ3v) is 6.43. The largest absolute Gasteiger partial charge is 0.389 e. The van der Waals surface area contributed by atoms with E-state index >= 15 is 0 Å². The number of allylic oxidation sites excluding steroid dienone is 1. The molecular formula is C27H37N7O2. The number of ether oxygens (including phenoxy) is 1. The van der Waals surface area contributed by atoms with E-state index in [0.717, 1.165) is 43.5 Å². The third kappa shape index (κ3) is 6.40. The van der Waals surface area contributed by atoms with Crippen LogP contribution in [0.5, 0.6) is 0 Å². The summed E-state index contributed by atoms with van der Waals surface area (Å²) in [4.78, 5) is 23.7. The Morgan fingerprint density at radius 1 is 1.28 bits per heavy atom. The van der Waals surface area contributed by atoms with Gasteiger partial charge in [-0.1, -0.05) is 18.6 Å². The zero-order chi connectivity index (χ0) is 25.5. The fourth-order valence-electron chi connectivity index (χ4n) is 4.64. The van der Waals surface area contributed by atoms with Crippen molar-refractivity contribution in [1.82, 2.24) is 25.5 Å². The van der Waals surface area contributed by atoms with E-state index in [1.165, 1.54) is 17.3 Å². The van der Waals surface area contributed by atoms with Gasteiger partial charge < -0.3 is 31.0 Å². The van der Waals surface area contributed by atoms with Crippen molar-refractivity contribution < 1.29 is 9.53 Å². The number of benzene rings is 1. The van der Waals surface area contributed by atoms with Gasteiger partial charge in [0.25, 0.3) is 0 Å². The topological polar surface area (TPSA) is 115 Å². The van der Waals surface area contributed by atoms with E-state index in [1.54, 1.807) is 12.4 Å². The molecule has 2 aliphatic rings. The Morgan fingerprint density at radius 2 is 2.11 bits per heavy atom. The van der Waals surface area contributed by atoms with E-state index in [4.69, 9.17) is 10.1 Å². The summed E-state index contributed by atoms with van der Waals surface area (Å²) >= 11 is 0. The first kappa shape index (κ1) is 25.6. The van der Waals surface area contributed by atoms with Crippen LogP contribution >= 0.6 is 0 Å². The molecule has 1 atom stereocenters. The normalized spacial score (nSPS) is 18.2. The minimum atomic E-state index is -0.0142. The Kier molecular flexibility index (Phi) is 8.53. The van der Waals surface area contributed by atoms with E-state index in [0.29, 0.717) is 24.7 Å². The Bertz CT molecular complexity index is 1100. The number of amides is 2. The van der Waals surface area contributed by atoms with Gasteiger partial charge in [-0.15, -0.1) is 0 Å². The lowest BCUT2D eigenvalue weighted by molar-refractivity contribution is -0.0644. The molecule has 1 aromatic heterocycles. The van der Waals surface area contributed by atoms with Gasteiger partial charge in [0, 0.05) is 30.7 Å². The standard InChI is InChI=1S/C27H37N7O2/c1-4-29-15-21(14-28)31-26-30-12-11-24(32-26)20-9-10-23-19(13-20)7-5-6-8-25(23)33-27(35)34-16-22(17-34)36-18(2)3/h9-15,18,22,25,28-29H,4-8,16-17H2,1-3H3,(H,33,35)(H,30,31,32)/b21-15+,28-14?. The first-order valence-electron chi connectivity index (χ1n) is 12.8. The van der Waals surface area contributed by atoms with Gasteiger partial charge in [0.15, 0.2) is 0 Å². The van der Waals surface area contributed by atoms with Gasteiger partial charge >= 0.3 is 6.03 Å². The second kappa shape index (κ2) is 12.0. The predicted octanol–water partition coefficient (Wildman–Crippen LogP) is 4.24. The molecule has 9 heteroatoms. The SMILES string of the molecule is CCN/C=C(\C=N)Nc1nccc(-c2ccc3c(c2)CCCCC3NC(=O)N2CC(OC(C)C)C2)n1. The average Bonchev–Trinajstić information content (AvgIpc) is 3.05. The molecule has 4 N–H and O–H groups in total. The van der Waals surface area contributed by atoms with Crippen LogP contribution in [0.15, 0.2) is 42.4 Å². The fraction of sp³-hybridized carbons (Fsp3) is 0.481. The van der Waals surface area contributed by atoms with Crippen molar-refractivity contribution in [3.63, 3.8) is 0 Å². The number of hydrogen-bond acceptors (Lipinski definition) is 7. The number of aromatic nitrogens is 2. The van der Waals surface area contributed by atoms with Gasteiger partial charge in [-0.25, -0.2) is 14.8 Å². The second-order valence-electron chi connectivity index (χ2n) is 9.57. The van der Waals surface area contributed by atoms with Gasteiger partial charge in [-0.3, -0.25) is 0 Å². The van der Waals surface area contributed by atoms with E-state index in [1.807, 2.05) is 31.7 Å². The van der Waals surface area contributed by atoms with Crippen molar-refractivity contribution in [3.8, 4) is 11.3 Å². The monoisotopic (exact) mass is 491 g/mol. The Morgan fingerprint density at radius 3 is 2.86 bits per heavy atom. The van der Waals surface area contributed by atoms with Crippen molar-refractivity contribution in [2.24, 2.45) is 0 Å². The van der Waals surface area contributed by atoms with Crippen molar-refractivity contribution in [2.45, 2.75) is 64.7 Å². The minimum Gasteiger partial charge on any atom is -0.389 e. The molecule has 4 rings (SSSR count). The van der Waals surface area contributed by atoms with Crippen LogP contribution in [0.25, 0.3) is 11.3 Å². The summed E-state index contributed by atoms with van der Waals surface area (Å²) in [7, 11) is 0. The van der Waals surface area contributed by atoms with E-state index in [-0.39, 0.29) is 24.3 Å². The van der Waals surface area contributed by atoms with Crippen molar-refractivity contribution in [2.75, 3.05) is 25.0 Å². The highest BCUT2D eigenvalue weighted by molar-refractivity contribution is 5.79. The molecule has 1 aromatic carbocycles. The highest BCUT2D eigenvalue weighted by Gasteiger charge is 2.33. The number of aryl methyl sites for hydroxylation is 1. The number of rotatable bonds is 9. The summed E-state index contributed by atoms with van der Waals surface area (Å²) in [5.41, 5.74) is 4.84. The number of carbonyl (C=O) groups excluding carboxylic acids is 1. The van der Waals surface area contributed by atoms with Crippen LogP contribution in [0.3, 0.4) is 0 Å². The maximum Gasteiger partial charge on any atom is 0.318 e. The van der Waals surface area contributed by atoms with Crippen molar-refractivity contribution in [3.05, 3.63) is 53.5 Å². The number of likely N-dealkylation sites (tertiary alicyclic amines) is 1. The van der Waals surface area contributed by atoms with Crippen LogP contribution in [-0.4, -0.2) is 59.0 Å². The summed E-state index contributed by atoms with van der Waals surface area (Å²) in [6.45, 7) is 8.10. The molecule has 1 aliphatic heterocycles. The number of hydrogen-bond donors (Lipinski definition) is 4. The van der Waals surface area contributed by atoms with Crippen LogP contribution in [0.2, 0.25) is 0 Å². The van der Waals surface area contributed by atoms with Crippen LogP contribution in [0, 0.1) is 5.41 Å². The Balaban J connectivity index is 1.47. The summed E-state index contributed by atoms with van der Waals surface area (Å²) in [5, 5.41) is 17.0. The number of carbonyl (C=O) groups is 1. The zero-order valence-corrected chi connectivity index (χ0v) is 21.4. The van der Waals surface area contributed by atoms with E-state index < -0.39 is 0 Å². The van der Waals surface area contributed by atoms with Gasteiger partial charge in [0.05, 0.1) is 42.7 Å². The molecule has 36 heavy (non-hydrogen) atoms. The molecule has 0 radical (unpaired) electrons. The Hall–Kier alpha value is -3.46. The molecule has 1 unspecified atom stereocenters. The maximum atomic E-state index is 12.9. The number of nitrogens with zero attached hydrogens (tertiary/aromatic N) is 3. The van der Waals surface area contributed by atoms with Gasteiger partial charge in [0.2, 0.25) is 5.95 Å². The molecule has 1 saturated heterocycles. The highest BCUT2D eigenvalue weighted by atomic mass is 16.5. The van der Waals surface area contributed by atoms with Crippen LogP contribution in [0.1, 0.15) is 57.2 Å². The Labute approximate surface area is 213 Å². The lowest BCUT2D eigenvalue weighted by atomic mass is 9.95. The second-order valence-corrected chi connectivity index (χ2v) is 9.57. The lowest BCUT2D eigenvalue weighted by Gasteiger charge is -2.40. The smallest absolute Gasteiger partial charge is 0.318 e. The minimum absolute atomic E-state index is 0.00287. The summed E-state index contributed by atoms with van der Waals surface area (Å²) in [6, 6.07) is 8.26. The molecule has 192 valence electrons. The van der Waals surface area contributed by atoms with Crippen LogP contribution < -0.4 is 16.0 Å². The lowest BCUT2D eigenvalue weighted by Crippen LogP contribution is -2.58. The molecule has 0 saturated carbocycles. The zero-order valence-electron chi connectivity index (χ0n) is 21.4. The number of urea groups is 1. The maximum absolute atomic E-state index is 12.9. The van der Waals surface area contributed by atoms with Crippen LogP contribution in [0.4, 0.5) is 10.7 Å². The molecule has 9 nitrogen and oxygen atoms in total. The van der Waals surface area contributed by atoms with Crippen molar-refractivity contribution >= 4 is 18.2 Å². The molecule has 2 heterocycles.